The summed E-state index contributed by atoms with van der Waals surface area (Å²) in [5.74, 6) is 2.57. The second kappa shape index (κ2) is 9.05. The summed E-state index contributed by atoms with van der Waals surface area (Å²) in [4.78, 5) is 27.8. The minimum absolute atomic E-state index is 0.000613. The number of amides is 1. The van der Waals surface area contributed by atoms with Crippen LogP contribution < -0.4 is 20.3 Å². The highest BCUT2D eigenvalue weighted by Crippen LogP contribution is 2.63. The van der Waals surface area contributed by atoms with Gasteiger partial charge >= 0.3 is 0 Å². The molecule has 1 amide bonds. The number of ether oxygens (including phenoxy) is 1. The molecule has 4 saturated carbocycles. The van der Waals surface area contributed by atoms with Gasteiger partial charge in [-0.2, -0.15) is 0 Å². The average molecular weight is 504 g/mol. The molecule has 2 aromatic carbocycles. The number of carbonyl (C=O) groups excluding carboxylic acids is 2. The molecule has 5 unspecified atom stereocenters. The van der Waals surface area contributed by atoms with Crippen molar-refractivity contribution in [3.8, 4) is 5.75 Å². The maximum absolute atomic E-state index is 12.5. The molecule has 196 valence electrons. The Bertz CT molecular complexity index is 1180. The van der Waals surface area contributed by atoms with Crippen LogP contribution in [-0.4, -0.2) is 44.2 Å². The number of aliphatic hydroxyl groups excluding tert-OH is 1. The zero-order valence-corrected chi connectivity index (χ0v) is 21.7. The van der Waals surface area contributed by atoms with Crippen molar-refractivity contribution in [1.29, 1.82) is 0 Å². The third kappa shape index (κ3) is 4.08. The number of aldehydes is 1. The SMILES string of the molecule is CN1c2ccc(C(O)COc3ccc(CC45CC6CC(CC(C6)C4C(N)=O)C5)cc3)cc2N(C)C1C=O. The van der Waals surface area contributed by atoms with Crippen molar-refractivity contribution in [2.45, 2.75) is 50.8 Å². The van der Waals surface area contributed by atoms with Crippen LogP contribution in [0, 0.1) is 29.1 Å². The molecule has 4 fully saturated rings. The van der Waals surface area contributed by atoms with Crippen LogP contribution in [0.4, 0.5) is 11.4 Å². The van der Waals surface area contributed by atoms with E-state index in [-0.39, 0.29) is 30.0 Å². The van der Waals surface area contributed by atoms with Gasteiger partial charge in [0.25, 0.3) is 0 Å². The topological polar surface area (TPSA) is 96.1 Å². The molecule has 37 heavy (non-hydrogen) atoms. The lowest BCUT2D eigenvalue weighted by Crippen LogP contribution is -2.57. The molecular weight excluding hydrogens is 466 g/mol. The van der Waals surface area contributed by atoms with Gasteiger partial charge in [-0.05, 0) is 97.1 Å². The number of aliphatic hydroxyl groups is 1. The van der Waals surface area contributed by atoms with E-state index in [1.807, 2.05) is 54.2 Å². The van der Waals surface area contributed by atoms with Crippen LogP contribution in [0.5, 0.6) is 5.75 Å². The molecule has 4 aliphatic carbocycles. The fourth-order valence-electron chi connectivity index (χ4n) is 8.43. The number of anilines is 2. The lowest BCUT2D eigenvalue weighted by Gasteiger charge is -2.60. The molecule has 1 aliphatic heterocycles. The van der Waals surface area contributed by atoms with Crippen molar-refractivity contribution >= 4 is 23.6 Å². The van der Waals surface area contributed by atoms with Gasteiger partial charge in [-0.15, -0.1) is 0 Å². The van der Waals surface area contributed by atoms with Crippen LogP contribution in [0.2, 0.25) is 0 Å². The summed E-state index contributed by atoms with van der Waals surface area (Å²) in [6, 6.07) is 13.9. The number of primary amides is 1. The summed E-state index contributed by atoms with van der Waals surface area (Å²) >= 11 is 0. The lowest BCUT2D eigenvalue weighted by molar-refractivity contribution is -0.150. The Labute approximate surface area is 218 Å². The van der Waals surface area contributed by atoms with Gasteiger partial charge in [-0.25, -0.2) is 0 Å². The summed E-state index contributed by atoms with van der Waals surface area (Å²) in [7, 11) is 3.77. The first-order chi connectivity index (χ1) is 17.8. The Kier molecular flexibility index (Phi) is 5.94. The number of nitrogens with zero attached hydrogens (tertiary/aromatic N) is 2. The monoisotopic (exact) mass is 503 g/mol. The predicted molar refractivity (Wildman–Crippen MR) is 142 cm³/mol. The molecule has 0 spiro atoms. The van der Waals surface area contributed by atoms with Crippen LogP contribution in [0.3, 0.4) is 0 Å². The van der Waals surface area contributed by atoms with Crippen LogP contribution >= 0.6 is 0 Å². The minimum Gasteiger partial charge on any atom is -0.491 e. The fourth-order valence-corrected chi connectivity index (χ4v) is 8.43. The van der Waals surface area contributed by atoms with Gasteiger partial charge in [0.1, 0.15) is 18.5 Å². The first-order valence-corrected chi connectivity index (χ1v) is 13.5. The highest BCUT2D eigenvalue weighted by molar-refractivity contribution is 5.85. The Balaban J connectivity index is 1.11. The van der Waals surface area contributed by atoms with E-state index >= 15 is 0 Å². The van der Waals surface area contributed by atoms with E-state index in [0.717, 1.165) is 54.3 Å². The number of nitrogens with two attached hydrogens (primary N) is 1. The Hall–Kier alpha value is -3.06. The predicted octanol–water partition coefficient (Wildman–Crippen LogP) is 3.68. The second-order valence-electron chi connectivity index (χ2n) is 12.0. The van der Waals surface area contributed by atoms with Crippen LogP contribution in [-0.2, 0) is 16.0 Å². The van der Waals surface area contributed by atoms with Crippen LogP contribution in [0.25, 0.3) is 0 Å². The largest absolute Gasteiger partial charge is 0.491 e. The van der Waals surface area contributed by atoms with Gasteiger partial charge in [0.05, 0.1) is 11.4 Å². The Morgan fingerprint density at radius 3 is 2.41 bits per heavy atom. The first-order valence-electron chi connectivity index (χ1n) is 13.5. The van der Waals surface area contributed by atoms with E-state index in [1.54, 1.807) is 0 Å². The second-order valence-corrected chi connectivity index (χ2v) is 12.0. The molecule has 2 aromatic rings. The number of fused-ring (bicyclic) bond motifs is 1. The lowest BCUT2D eigenvalue weighted by atomic mass is 9.44. The normalized spacial score (nSPS) is 32.4. The molecule has 7 nitrogen and oxygen atoms in total. The molecule has 7 rings (SSSR count). The van der Waals surface area contributed by atoms with Gasteiger partial charge < -0.3 is 25.4 Å². The summed E-state index contributed by atoms with van der Waals surface area (Å²) in [6.07, 6.45) is 6.61. The number of carbonyl (C=O) groups is 2. The zero-order valence-electron chi connectivity index (χ0n) is 21.7. The minimum atomic E-state index is -0.790. The summed E-state index contributed by atoms with van der Waals surface area (Å²) in [6.45, 7) is 0.132. The molecule has 5 atom stereocenters. The van der Waals surface area contributed by atoms with Crippen molar-refractivity contribution in [3.05, 3.63) is 53.6 Å². The molecule has 4 bridgehead atoms. The fraction of sp³-hybridized carbons (Fsp3) is 0.533. The van der Waals surface area contributed by atoms with Gasteiger partial charge in [-0.3, -0.25) is 9.59 Å². The van der Waals surface area contributed by atoms with E-state index in [4.69, 9.17) is 10.5 Å². The molecule has 1 heterocycles. The van der Waals surface area contributed by atoms with E-state index < -0.39 is 6.10 Å². The van der Waals surface area contributed by atoms with E-state index in [9.17, 15) is 14.7 Å². The third-order valence-corrected chi connectivity index (χ3v) is 9.71. The van der Waals surface area contributed by atoms with Crippen molar-refractivity contribution in [3.63, 3.8) is 0 Å². The number of rotatable bonds is 8. The van der Waals surface area contributed by atoms with Crippen molar-refractivity contribution < 1.29 is 19.4 Å². The summed E-state index contributed by atoms with van der Waals surface area (Å²) in [5, 5.41) is 10.8. The van der Waals surface area contributed by atoms with E-state index in [2.05, 4.69) is 12.1 Å². The number of hydrogen-bond acceptors (Lipinski definition) is 6. The van der Waals surface area contributed by atoms with Crippen LogP contribution in [0.15, 0.2) is 42.5 Å². The number of hydrogen-bond donors (Lipinski definition) is 2. The van der Waals surface area contributed by atoms with Crippen LogP contribution in [0.1, 0.15) is 49.3 Å². The Morgan fingerprint density at radius 2 is 1.76 bits per heavy atom. The number of benzene rings is 2. The maximum atomic E-state index is 12.5. The summed E-state index contributed by atoms with van der Waals surface area (Å²) < 4.78 is 5.94. The third-order valence-electron chi connectivity index (χ3n) is 9.71. The highest BCUT2D eigenvalue weighted by Gasteiger charge is 2.58. The molecule has 0 saturated heterocycles. The maximum Gasteiger partial charge on any atom is 0.221 e. The quantitative estimate of drug-likeness (QED) is 0.534. The molecule has 0 radical (unpaired) electrons. The Morgan fingerprint density at radius 1 is 1.08 bits per heavy atom. The standard InChI is InChI=1S/C30H37N3O4/c1-32-24-8-5-21(12-25(24)33(2)27(32)16-34)26(35)17-37-23-6-3-18(4-7-23)13-30-14-19-9-20(15-30)11-22(10-19)28(30)29(31)36/h3-8,12,16,19-20,22,26-28,35H,9-11,13-15,17H2,1-2H3,(H2,31,36). The molecule has 0 aromatic heterocycles. The van der Waals surface area contributed by atoms with Crippen molar-refractivity contribution in [2.24, 2.45) is 34.8 Å². The van der Waals surface area contributed by atoms with Gasteiger partial charge in [0.2, 0.25) is 5.91 Å². The van der Waals surface area contributed by atoms with Gasteiger partial charge in [0, 0.05) is 20.0 Å². The average Bonchev–Trinajstić information content (AvgIpc) is 3.10. The molecule has 7 heteroatoms. The smallest absolute Gasteiger partial charge is 0.221 e. The van der Waals surface area contributed by atoms with E-state index in [0.29, 0.717) is 11.7 Å². The van der Waals surface area contributed by atoms with Crippen molar-refractivity contribution in [2.75, 3.05) is 30.5 Å². The van der Waals surface area contributed by atoms with E-state index in [1.165, 1.54) is 24.8 Å². The first kappa shape index (κ1) is 24.3. The number of likely N-dealkylation sites (N-methyl/N-ethyl adjacent to an activating group) is 2. The van der Waals surface area contributed by atoms with Crippen molar-refractivity contribution in [1.82, 2.24) is 0 Å². The zero-order chi connectivity index (χ0) is 25.9. The highest BCUT2D eigenvalue weighted by atomic mass is 16.5. The molecule has 3 N–H and O–H groups in total. The van der Waals surface area contributed by atoms with Gasteiger partial charge in [-0.1, -0.05) is 18.2 Å². The molecule has 5 aliphatic rings. The molecular formula is C30H37N3O4. The summed E-state index contributed by atoms with van der Waals surface area (Å²) in [5.41, 5.74) is 9.81. The van der Waals surface area contributed by atoms with Gasteiger partial charge in [0.15, 0.2) is 12.5 Å².